The molecule has 0 aliphatic rings. The van der Waals surface area contributed by atoms with Crippen LogP contribution in [0.5, 0.6) is 0 Å². The second-order valence-electron chi connectivity index (χ2n) is 5.83. The number of H-pyrrole nitrogens is 1. The van der Waals surface area contributed by atoms with E-state index in [2.05, 4.69) is 9.97 Å². The first-order valence-electron chi connectivity index (χ1n) is 7.58. The molecule has 3 rings (SSSR count). The normalized spacial score (nSPS) is 10.8. The molecule has 0 radical (unpaired) electrons. The number of anilines is 1. The van der Waals surface area contributed by atoms with Crippen molar-refractivity contribution in [2.45, 2.75) is 13.5 Å². The van der Waals surface area contributed by atoms with Crippen LogP contribution >= 0.6 is 0 Å². The number of carboxylic acid groups (broad SMARTS) is 1. The van der Waals surface area contributed by atoms with Crippen molar-refractivity contribution in [1.82, 2.24) is 9.97 Å². The van der Waals surface area contributed by atoms with E-state index in [1.807, 2.05) is 6.07 Å². The maximum atomic E-state index is 13.8. The van der Waals surface area contributed by atoms with Gasteiger partial charge in [0.05, 0.1) is 16.5 Å². The zero-order chi connectivity index (χ0) is 18.1. The van der Waals surface area contributed by atoms with E-state index in [4.69, 9.17) is 5.11 Å². The van der Waals surface area contributed by atoms with Gasteiger partial charge in [-0.2, -0.15) is 0 Å². The number of aryl methyl sites for hydroxylation is 1. The highest BCUT2D eigenvalue weighted by Gasteiger charge is 2.12. The molecule has 1 heterocycles. The van der Waals surface area contributed by atoms with Gasteiger partial charge in [-0.3, -0.25) is 4.79 Å². The van der Waals surface area contributed by atoms with Crippen LogP contribution in [0.15, 0.2) is 41.2 Å². The van der Waals surface area contributed by atoms with Crippen molar-refractivity contribution >= 4 is 22.6 Å². The molecule has 2 N–H and O–H groups in total. The molecule has 0 bridgehead atoms. The first-order valence-corrected chi connectivity index (χ1v) is 7.58. The number of aromatic amines is 1. The smallest absolute Gasteiger partial charge is 0.338 e. The van der Waals surface area contributed by atoms with E-state index in [1.54, 1.807) is 37.1 Å². The molecule has 0 atom stereocenters. The number of hydrogen-bond acceptors (Lipinski definition) is 4. The van der Waals surface area contributed by atoms with Crippen molar-refractivity contribution in [3.8, 4) is 0 Å². The third-order valence-electron chi connectivity index (χ3n) is 3.93. The van der Waals surface area contributed by atoms with Gasteiger partial charge in [0.25, 0.3) is 5.56 Å². The average molecular weight is 341 g/mol. The van der Waals surface area contributed by atoms with Gasteiger partial charge in [0.1, 0.15) is 11.6 Å². The summed E-state index contributed by atoms with van der Waals surface area (Å²) in [7, 11) is 1.76. The molecule has 0 unspecified atom stereocenters. The van der Waals surface area contributed by atoms with Crippen LogP contribution in [0.1, 0.15) is 21.7 Å². The van der Waals surface area contributed by atoms with Gasteiger partial charge in [0, 0.05) is 19.3 Å². The van der Waals surface area contributed by atoms with Gasteiger partial charge < -0.3 is 15.0 Å². The lowest BCUT2D eigenvalue weighted by Gasteiger charge is -2.20. The maximum Gasteiger partial charge on any atom is 0.338 e. The van der Waals surface area contributed by atoms with E-state index in [9.17, 15) is 14.0 Å². The quantitative estimate of drug-likeness (QED) is 0.762. The van der Waals surface area contributed by atoms with Gasteiger partial charge in [-0.05, 0) is 42.8 Å². The zero-order valence-electron chi connectivity index (χ0n) is 13.7. The van der Waals surface area contributed by atoms with E-state index in [-0.39, 0.29) is 11.1 Å². The largest absolute Gasteiger partial charge is 0.478 e. The fraction of sp³-hybridized carbons (Fsp3) is 0.167. The number of hydrogen-bond donors (Lipinski definition) is 2. The molecule has 25 heavy (non-hydrogen) atoms. The summed E-state index contributed by atoms with van der Waals surface area (Å²) in [4.78, 5) is 31.6. The van der Waals surface area contributed by atoms with Crippen LogP contribution in [0.3, 0.4) is 0 Å². The van der Waals surface area contributed by atoms with E-state index < -0.39 is 11.8 Å². The Morgan fingerprint density at radius 3 is 2.72 bits per heavy atom. The molecule has 3 aromatic rings. The Labute approximate surface area is 142 Å². The van der Waals surface area contributed by atoms with Gasteiger partial charge in [-0.15, -0.1) is 0 Å². The van der Waals surface area contributed by atoms with Crippen molar-refractivity contribution in [3.63, 3.8) is 0 Å². The van der Waals surface area contributed by atoms with Gasteiger partial charge >= 0.3 is 5.97 Å². The van der Waals surface area contributed by atoms with Crippen LogP contribution in [0.2, 0.25) is 0 Å². The Morgan fingerprint density at radius 2 is 2.04 bits per heavy atom. The number of nitrogens with one attached hydrogen (secondary N) is 1. The molecule has 1 aromatic heterocycles. The summed E-state index contributed by atoms with van der Waals surface area (Å²) in [6.45, 7) is 2.15. The molecule has 0 saturated heterocycles. The van der Waals surface area contributed by atoms with E-state index in [1.165, 1.54) is 12.1 Å². The standard InChI is InChI=1S/C18H16FN3O3/c1-10-20-16-6-3-11(7-14(16)17(23)21-10)9-22(2)12-4-5-13(18(24)25)15(19)8-12/h3-8H,9H2,1-2H3,(H,24,25)(H,20,21,23). The molecule has 0 saturated carbocycles. The highest BCUT2D eigenvalue weighted by molar-refractivity contribution is 5.88. The van der Waals surface area contributed by atoms with Crippen molar-refractivity contribution in [1.29, 1.82) is 0 Å². The fourth-order valence-electron chi connectivity index (χ4n) is 2.68. The van der Waals surface area contributed by atoms with Crippen LogP contribution in [-0.4, -0.2) is 28.1 Å². The molecule has 128 valence electrons. The number of fused-ring (bicyclic) bond motifs is 1. The number of carboxylic acids is 1. The predicted molar refractivity (Wildman–Crippen MR) is 92.6 cm³/mol. The topological polar surface area (TPSA) is 86.3 Å². The van der Waals surface area contributed by atoms with Gasteiger partial charge in [0.15, 0.2) is 0 Å². The molecule has 0 aliphatic heterocycles. The van der Waals surface area contributed by atoms with Crippen LogP contribution in [0.4, 0.5) is 10.1 Å². The van der Waals surface area contributed by atoms with Crippen molar-refractivity contribution in [2.75, 3.05) is 11.9 Å². The lowest BCUT2D eigenvalue weighted by molar-refractivity contribution is 0.0692. The number of aromatic carboxylic acids is 1. The summed E-state index contributed by atoms with van der Waals surface area (Å²) in [5, 5.41) is 9.37. The lowest BCUT2D eigenvalue weighted by atomic mass is 10.1. The third-order valence-corrected chi connectivity index (χ3v) is 3.93. The van der Waals surface area contributed by atoms with E-state index in [0.29, 0.717) is 29.0 Å². The number of benzene rings is 2. The van der Waals surface area contributed by atoms with Gasteiger partial charge in [-0.1, -0.05) is 6.07 Å². The van der Waals surface area contributed by atoms with Crippen molar-refractivity contribution in [3.05, 3.63) is 69.5 Å². The molecule has 0 fully saturated rings. The van der Waals surface area contributed by atoms with E-state index in [0.717, 1.165) is 5.56 Å². The second kappa shape index (κ2) is 6.35. The Bertz CT molecular complexity index is 1030. The minimum absolute atomic E-state index is 0.205. The summed E-state index contributed by atoms with van der Waals surface area (Å²) in [6.07, 6.45) is 0. The summed E-state index contributed by atoms with van der Waals surface area (Å²) in [6, 6.07) is 9.34. The average Bonchev–Trinajstić information content (AvgIpc) is 2.54. The molecule has 0 aliphatic carbocycles. The first-order chi connectivity index (χ1) is 11.8. The van der Waals surface area contributed by atoms with Crippen LogP contribution in [-0.2, 0) is 6.54 Å². The molecular weight excluding hydrogens is 325 g/mol. The second-order valence-corrected chi connectivity index (χ2v) is 5.83. The van der Waals surface area contributed by atoms with Crippen LogP contribution in [0, 0.1) is 12.7 Å². The number of halogens is 1. The lowest BCUT2D eigenvalue weighted by Crippen LogP contribution is -2.17. The summed E-state index contributed by atoms with van der Waals surface area (Å²) >= 11 is 0. The van der Waals surface area contributed by atoms with Crippen molar-refractivity contribution < 1.29 is 14.3 Å². The number of carbonyl (C=O) groups is 1. The number of aromatic nitrogens is 2. The number of nitrogens with zero attached hydrogens (tertiary/aromatic N) is 2. The monoisotopic (exact) mass is 341 g/mol. The molecular formula is C18H16FN3O3. The molecule has 6 nitrogen and oxygen atoms in total. The molecule has 0 amide bonds. The minimum atomic E-state index is -1.30. The third kappa shape index (κ3) is 3.35. The molecule has 7 heteroatoms. The summed E-state index contributed by atoms with van der Waals surface area (Å²) < 4.78 is 13.8. The predicted octanol–water partition coefficient (Wildman–Crippen LogP) is 2.71. The Kier molecular flexibility index (Phi) is 4.22. The molecule has 2 aromatic carbocycles. The summed E-state index contributed by atoms with van der Waals surface area (Å²) in [5.41, 5.74) is 1.44. The Hall–Kier alpha value is -3.22. The van der Waals surface area contributed by atoms with Crippen LogP contribution < -0.4 is 10.5 Å². The zero-order valence-corrected chi connectivity index (χ0v) is 13.7. The Balaban J connectivity index is 1.89. The van der Waals surface area contributed by atoms with E-state index >= 15 is 0 Å². The molecule has 0 spiro atoms. The SMILES string of the molecule is Cc1nc2ccc(CN(C)c3ccc(C(=O)O)c(F)c3)cc2c(=O)[nH]1. The minimum Gasteiger partial charge on any atom is -0.478 e. The van der Waals surface area contributed by atoms with Gasteiger partial charge in [-0.25, -0.2) is 14.2 Å². The highest BCUT2D eigenvalue weighted by Crippen LogP contribution is 2.20. The van der Waals surface area contributed by atoms with Crippen LogP contribution in [0.25, 0.3) is 10.9 Å². The number of rotatable bonds is 4. The fourth-order valence-corrected chi connectivity index (χ4v) is 2.68. The maximum absolute atomic E-state index is 13.8. The van der Waals surface area contributed by atoms with Crippen molar-refractivity contribution in [2.24, 2.45) is 0 Å². The first kappa shape index (κ1) is 16.6. The highest BCUT2D eigenvalue weighted by atomic mass is 19.1. The van der Waals surface area contributed by atoms with Gasteiger partial charge in [0.2, 0.25) is 0 Å². The summed E-state index contributed by atoms with van der Waals surface area (Å²) in [5.74, 6) is -1.54. The Morgan fingerprint density at radius 1 is 1.28 bits per heavy atom.